The van der Waals surface area contributed by atoms with Crippen molar-refractivity contribution in [3.8, 4) is 0 Å². The normalized spacial score (nSPS) is 9.94. The van der Waals surface area contributed by atoms with E-state index in [1.807, 2.05) is 26.0 Å². The van der Waals surface area contributed by atoms with E-state index in [0.717, 1.165) is 11.1 Å². The van der Waals surface area contributed by atoms with Crippen molar-refractivity contribution in [1.29, 1.82) is 0 Å². The largest absolute Gasteiger partial charge is 0.466 e. The standard InChI is InChI=1S/C14H19NO3/c1-4-18-13(16)8-9-15-14(17)12-7-5-6-10(2)11(12)3/h5-7H,4,8-9H2,1-3H3,(H,15,17). The van der Waals surface area contributed by atoms with Crippen LogP contribution in [0, 0.1) is 13.8 Å². The van der Waals surface area contributed by atoms with Gasteiger partial charge in [-0.3, -0.25) is 9.59 Å². The third-order valence-electron chi connectivity index (χ3n) is 2.77. The van der Waals surface area contributed by atoms with E-state index in [2.05, 4.69) is 5.32 Å². The maximum Gasteiger partial charge on any atom is 0.307 e. The second-order valence-electron chi connectivity index (χ2n) is 4.06. The summed E-state index contributed by atoms with van der Waals surface area (Å²) in [5.74, 6) is -0.445. The summed E-state index contributed by atoms with van der Waals surface area (Å²) in [7, 11) is 0. The molecule has 0 atom stereocenters. The zero-order chi connectivity index (χ0) is 13.5. The van der Waals surface area contributed by atoms with Crippen molar-refractivity contribution in [2.75, 3.05) is 13.2 Å². The molecule has 0 aliphatic heterocycles. The Balaban J connectivity index is 2.51. The van der Waals surface area contributed by atoms with Crippen LogP contribution in [0.2, 0.25) is 0 Å². The van der Waals surface area contributed by atoms with Crippen molar-refractivity contribution >= 4 is 11.9 Å². The van der Waals surface area contributed by atoms with Crippen molar-refractivity contribution in [3.05, 3.63) is 34.9 Å². The van der Waals surface area contributed by atoms with Crippen LogP contribution in [-0.2, 0) is 9.53 Å². The number of hydrogen-bond donors (Lipinski definition) is 1. The van der Waals surface area contributed by atoms with Gasteiger partial charge in [0.25, 0.3) is 5.91 Å². The molecule has 0 aromatic heterocycles. The van der Waals surface area contributed by atoms with Crippen molar-refractivity contribution in [3.63, 3.8) is 0 Å². The third kappa shape index (κ3) is 3.87. The Morgan fingerprint density at radius 3 is 2.67 bits per heavy atom. The molecule has 0 saturated heterocycles. The molecule has 98 valence electrons. The van der Waals surface area contributed by atoms with Gasteiger partial charge in [0, 0.05) is 12.1 Å². The number of carbonyl (C=O) groups is 2. The van der Waals surface area contributed by atoms with Crippen molar-refractivity contribution < 1.29 is 14.3 Å². The summed E-state index contributed by atoms with van der Waals surface area (Å²) in [4.78, 5) is 23.0. The number of hydrogen-bond acceptors (Lipinski definition) is 3. The Labute approximate surface area is 107 Å². The van der Waals surface area contributed by atoms with Gasteiger partial charge in [-0.1, -0.05) is 12.1 Å². The average molecular weight is 249 g/mol. The molecular formula is C14H19NO3. The molecule has 4 heteroatoms. The molecule has 1 amide bonds. The monoisotopic (exact) mass is 249 g/mol. The van der Waals surface area contributed by atoms with Gasteiger partial charge in [0.05, 0.1) is 13.0 Å². The SMILES string of the molecule is CCOC(=O)CCNC(=O)c1cccc(C)c1C. The van der Waals surface area contributed by atoms with Gasteiger partial charge in [0.2, 0.25) is 0 Å². The summed E-state index contributed by atoms with van der Waals surface area (Å²) < 4.78 is 4.78. The molecule has 0 aliphatic carbocycles. The zero-order valence-corrected chi connectivity index (χ0v) is 11.1. The first-order chi connectivity index (χ1) is 8.56. The van der Waals surface area contributed by atoms with Crippen molar-refractivity contribution in [1.82, 2.24) is 5.32 Å². The maximum atomic E-state index is 11.9. The highest BCUT2D eigenvalue weighted by atomic mass is 16.5. The highest BCUT2D eigenvalue weighted by Crippen LogP contribution is 2.12. The predicted molar refractivity (Wildman–Crippen MR) is 69.5 cm³/mol. The Morgan fingerprint density at radius 1 is 1.28 bits per heavy atom. The Morgan fingerprint density at radius 2 is 2.00 bits per heavy atom. The number of benzene rings is 1. The number of ether oxygens (including phenoxy) is 1. The van der Waals surface area contributed by atoms with E-state index in [1.165, 1.54) is 0 Å². The number of esters is 1. The summed E-state index contributed by atoms with van der Waals surface area (Å²) in [6.45, 7) is 6.29. The lowest BCUT2D eigenvalue weighted by Gasteiger charge is -2.09. The maximum absolute atomic E-state index is 11.9. The predicted octanol–water partition coefficient (Wildman–Crippen LogP) is 1.99. The lowest BCUT2D eigenvalue weighted by molar-refractivity contribution is -0.142. The Kier molecular flexibility index (Phi) is 5.36. The minimum atomic E-state index is -0.293. The van der Waals surface area contributed by atoms with Crippen LogP contribution >= 0.6 is 0 Å². The molecule has 0 radical (unpaired) electrons. The van der Waals surface area contributed by atoms with Crippen LogP contribution in [0.25, 0.3) is 0 Å². The van der Waals surface area contributed by atoms with E-state index < -0.39 is 0 Å². The van der Waals surface area contributed by atoms with Gasteiger partial charge in [0.15, 0.2) is 0 Å². The molecule has 0 fully saturated rings. The van der Waals surface area contributed by atoms with E-state index in [4.69, 9.17) is 4.74 Å². The number of aryl methyl sites for hydroxylation is 1. The van der Waals surface area contributed by atoms with E-state index >= 15 is 0 Å². The highest BCUT2D eigenvalue weighted by Gasteiger charge is 2.10. The molecular weight excluding hydrogens is 230 g/mol. The van der Waals surface area contributed by atoms with Crippen LogP contribution in [-0.4, -0.2) is 25.0 Å². The molecule has 0 heterocycles. The second-order valence-corrected chi connectivity index (χ2v) is 4.06. The highest BCUT2D eigenvalue weighted by molar-refractivity contribution is 5.96. The van der Waals surface area contributed by atoms with Crippen LogP contribution in [0.5, 0.6) is 0 Å². The topological polar surface area (TPSA) is 55.4 Å². The number of carbonyl (C=O) groups excluding carboxylic acids is 2. The van der Waals surface area contributed by atoms with Crippen LogP contribution < -0.4 is 5.32 Å². The smallest absolute Gasteiger partial charge is 0.307 e. The number of nitrogens with one attached hydrogen (secondary N) is 1. The van der Waals surface area contributed by atoms with Gasteiger partial charge >= 0.3 is 5.97 Å². The molecule has 1 rings (SSSR count). The number of rotatable bonds is 5. The fraction of sp³-hybridized carbons (Fsp3) is 0.429. The van der Waals surface area contributed by atoms with Gasteiger partial charge in [0.1, 0.15) is 0 Å². The average Bonchev–Trinajstić information content (AvgIpc) is 2.33. The lowest BCUT2D eigenvalue weighted by Crippen LogP contribution is -2.27. The van der Waals surface area contributed by atoms with Crippen LogP contribution in [0.1, 0.15) is 34.8 Å². The van der Waals surface area contributed by atoms with Crippen LogP contribution in [0.3, 0.4) is 0 Å². The summed E-state index contributed by atoms with van der Waals surface area (Å²) >= 11 is 0. The molecule has 18 heavy (non-hydrogen) atoms. The van der Waals surface area contributed by atoms with E-state index in [1.54, 1.807) is 13.0 Å². The zero-order valence-electron chi connectivity index (χ0n) is 11.1. The minimum Gasteiger partial charge on any atom is -0.466 e. The molecule has 0 unspecified atom stereocenters. The Hall–Kier alpha value is -1.84. The first-order valence-corrected chi connectivity index (χ1v) is 6.06. The molecule has 1 aromatic carbocycles. The number of amides is 1. The molecule has 0 spiro atoms. The Bertz CT molecular complexity index is 441. The van der Waals surface area contributed by atoms with Gasteiger partial charge in [-0.15, -0.1) is 0 Å². The minimum absolute atomic E-state index is 0.152. The van der Waals surface area contributed by atoms with E-state index in [9.17, 15) is 9.59 Å². The first-order valence-electron chi connectivity index (χ1n) is 6.06. The van der Waals surface area contributed by atoms with Crippen molar-refractivity contribution in [2.45, 2.75) is 27.2 Å². The van der Waals surface area contributed by atoms with Gasteiger partial charge in [-0.25, -0.2) is 0 Å². The second kappa shape index (κ2) is 6.79. The summed E-state index contributed by atoms with van der Waals surface area (Å²) in [6.07, 6.45) is 0.199. The van der Waals surface area contributed by atoms with E-state index in [0.29, 0.717) is 18.7 Å². The molecule has 0 saturated carbocycles. The van der Waals surface area contributed by atoms with Crippen molar-refractivity contribution in [2.24, 2.45) is 0 Å². The van der Waals surface area contributed by atoms with Gasteiger partial charge < -0.3 is 10.1 Å². The molecule has 1 N–H and O–H groups in total. The summed E-state index contributed by atoms with van der Waals surface area (Å²) in [5, 5.41) is 2.72. The lowest BCUT2D eigenvalue weighted by atomic mass is 10.0. The molecule has 1 aromatic rings. The fourth-order valence-electron chi connectivity index (χ4n) is 1.60. The van der Waals surface area contributed by atoms with E-state index in [-0.39, 0.29) is 18.3 Å². The molecule has 0 aliphatic rings. The molecule has 4 nitrogen and oxygen atoms in total. The van der Waals surface area contributed by atoms with Gasteiger partial charge in [-0.2, -0.15) is 0 Å². The molecule has 0 bridgehead atoms. The van der Waals surface area contributed by atoms with Gasteiger partial charge in [-0.05, 0) is 38.0 Å². The quantitative estimate of drug-likeness (QED) is 0.812. The summed E-state index contributed by atoms with van der Waals surface area (Å²) in [5.41, 5.74) is 2.69. The third-order valence-corrected chi connectivity index (χ3v) is 2.77. The van der Waals surface area contributed by atoms with Crippen LogP contribution in [0.4, 0.5) is 0 Å². The first kappa shape index (κ1) is 14.2. The fourth-order valence-corrected chi connectivity index (χ4v) is 1.60. The summed E-state index contributed by atoms with van der Waals surface area (Å²) in [6, 6.07) is 5.59. The van der Waals surface area contributed by atoms with Crippen LogP contribution in [0.15, 0.2) is 18.2 Å².